The molecule has 7 heteroatoms. The Bertz CT molecular complexity index is 923. The van der Waals surface area contributed by atoms with Crippen LogP contribution in [-0.2, 0) is 9.53 Å². The number of anilines is 1. The van der Waals surface area contributed by atoms with E-state index in [1.807, 2.05) is 6.92 Å². The van der Waals surface area contributed by atoms with Crippen LogP contribution in [-0.4, -0.2) is 44.5 Å². The van der Waals surface area contributed by atoms with E-state index in [9.17, 15) is 14.4 Å². The van der Waals surface area contributed by atoms with Crippen molar-refractivity contribution in [2.45, 2.75) is 19.8 Å². The van der Waals surface area contributed by atoms with E-state index >= 15 is 0 Å². The van der Waals surface area contributed by atoms with Crippen LogP contribution >= 0.6 is 0 Å². The average Bonchev–Trinajstić information content (AvgIpc) is 3.18. The molecule has 0 N–H and O–H groups in total. The first kappa shape index (κ1) is 20.4. The molecular weight excluding hydrogens is 374 g/mol. The molecule has 1 fully saturated rings. The van der Waals surface area contributed by atoms with Gasteiger partial charge in [0, 0.05) is 24.2 Å². The Morgan fingerprint density at radius 3 is 2.59 bits per heavy atom. The maximum absolute atomic E-state index is 12.5. The molecule has 152 valence electrons. The van der Waals surface area contributed by atoms with E-state index in [0.29, 0.717) is 42.3 Å². The zero-order chi connectivity index (χ0) is 20.8. The monoisotopic (exact) mass is 397 g/mol. The molecule has 0 bridgehead atoms. The normalized spacial score (nSPS) is 13.3. The maximum Gasteiger partial charge on any atom is 0.338 e. The van der Waals surface area contributed by atoms with Gasteiger partial charge in [0.25, 0.3) is 0 Å². The number of hydrogen-bond donors (Lipinski definition) is 0. The van der Waals surface area contributed by atoms with Crippen molar-refractivity contribution < 1.29 is 28.6 Å². The first-order chi connectivity index (χ1) is 14.0. The molecule has 0 aliphatic carbocycles. The van der Waals surface area contributed by atoms with Crippen molar-refractivity contribution in [3.05, 3.63) is 53.6 Å². The topological polar surface area (TPSA) is 82.1 Å². The Labute approximate surface area is 169 Å². The minimum Gasteiger partial charge on any atom is -0.493 e. The number of hydrogen-bond acceptors (Lipinski definition) is 6. The van der Waals surface area contributed by atoms with Gasteiger partial charge in [-0.25, -0.2) is 4.79 Å². The predicted octanol–water partition coefficient (Wildman–Crippen LogP) is 3.26. The number of Topliss-reactive ketones (excluding diaryl/α,β-unsaturated/α-hetero) is 1. The van der Waals surface area contributed by atoms with Gasteiger partial charge in [0.15, 0.2) is 23.9 Å². The summed E-state index contributed by atoms with van der Waals surface area (Å²) in [5.41, 5.74) is 1.33. The van der Waals surface area contributed by atoms with Crippen molar-refractivity contribution in [2.75, 3.05) is 31.8 Å². The van der Waals surface area contributed by atoms with Crippen LogP contribution in [0.1, 0.15) is 40.5 Å². The third kappa shape index (κ3) is 4.74. The van der Waals surface area contributed by atoms with Gasteiger partial charge in [-0.1, -0.05) is 12.1 Å². The summed E-state index contributed by atoms with van der Waals surface area (Å²) < 4.78 is 15.8. The second-order valence-corrected chi connectivity index (χ2v) is 6.50. The summed E-state index contributed by atoms with van der Waals surface area (Å²) in [7, 11) is 1.51. The van der Waals surface area contributed by atoms with Gasteiger partial charge in [-0.05, 0) is 43.7 Å². The van der Waals surface area contributed by atoms with Gasteiger partial charge >= 0.3 is 5.97 Å². The Morgan fingerprint density at radius 1 is 1.07 bits per heavy atom. The molecule has 1 amide bonds. The Hall–Kier alpha value is -3.35. The summed E-state index contributed by atoms with van der Waals surface area (Å²) in [6.45, 7) is 2.49. The van der Waals surface area contributed by atoms with Gasteiger partial charge < -0.3 is 19.1 Å². The standard InChI is InChI=1S/C22H23NO6/c1-3-28-20-13-16(9-10-19(20)27-2)22(26)29-14-18(24)15-6-4-7-17(12-15)23-11-5-8-21(23)25/h4,6-7,9-10,12-13H,3,5,8,11,14H2,1-2H3. The quantitative estimate of drug-likeness (QED) is 0.502. The van der Waals surface area contributed by atoms with Crippen LogP contribution in [0.5, 0.6) is 11.5 Å². The molecule has 0 radical (unpaired) electrons. The summed E-state index contributed by atoms with van der Waals surface area (Å²) in [5, 5.41) is 0. The fourth-order valence-corrected chi connectivity index (χ4v) is 3.14. The molecule has 0 spiro atoms. The van der Waals surface area contributed by atoms with Crippen molar-refractivity contribution in [1.29, 1.82) is 0 Å². The summed E-state index contributed by atoms with van der Waals surface area (Å²) in [6, 6.07) is 11.5. The van der Waals surface area contributed by atoms with Crippen LogP contribution in [0.2, 0.25) is 0 Å². The lowest BCUT2D eigenvalue weighted by Gasteiger charge is -2.16. The lowest BCUT2D eigenvalue weighted by Crippen LogP contribution is -2.24. The van der Waals surface area contributed by atoms with Gasteiger partial charge in [0.2, 0.25) is 5.91 Å². The molecule has 2 aromatic carbocycles. The number of amides is 1. The second kappa shape index (κ2) is 9.23. The number of carbonyl (C=O) groups excluding carboxylic acids is 3. The van der Waals surface area contributed by atoms with Gasteiger partial charge in [0.1, 0.15) is 0 Å². The molecule has 1 saturated heterocycles. The molecule has 0 atom stereocenters. The lowest BCUT2D eigenvalue weighted by molar-refractivity contribution is -0.117. The van der Waals surface area contributed by atoms with Crippen LogP contribution in [0.3, 0.4) is 0 Å². The Balaban J connectivity index is 1.65. The number of methoxy groups -OCH3 is 1. The molecule has 1 aliphatic rings. The summed E-state index contributed by atoms with van der Waals surface area (Å²) in [6.07, 6.45) is 1.32. The molecule has 0 saturated carbocycles. The number of ether oxygens (including phenoxy) is 3. The number of nitrogens with zero attached hydrogens (tertiary/aromatic N) is 1. The zero-order valence-electron chi connectivity index (χ0n) is 16.5. The van der Waals surface area contributed by atoms with Crippen molar-refractivity contribution >= 4 is 23.3 Å². The highest BCUT2D eigenvalue weighted by atomic mass is 16.5. The molecule has 3 rings (SSSR count). The third-order valence-corrected chi connectivity index (χ3v) is 4.59. The zero-order valence-corrected chi connectivity index (χ0v) is 16.5. The van der Waals surface area contributed by atoms with Crippen LogP contribution in [0.25, 0.3) is 0 Å². The SMILES string of the molecule is CCOc1cc(C(=O)OCC(=O)c2cccc(N3CCCC3=O)c2)ccc1OC. The number of benzene rings is 2. The molecule has 29 heavy (non-hydrogen) atoms. The van der Waals surface area contributed by atoms with Gasteiger partial charge in [-0.15, -0.1) is 0 Å². The first-order valence-corrected chi connectivity index (χ1v) is 9.45. The predicted molar refractivity (Wildman–Crippen MR) is 107 cm³/mol. The largest absolute Gasteiger partial charge is 0.493 e. The van der Waals surface area contributed by atoms with Gasteiger partial charge in [-0.3, -0.25) is 9.59 Å². The molecule has 7 nitrogen and oxygen atoms in total. The number of ketones is 1. The molecule has 0 unspecified atom stereocenters. The number of rotatable bonds is 8. The van der Waals surface area contributed by atoms with E-state index in [0.717, 1.165) is 6.42 Å². The van der Waals surface area contributed by atoms with Crippen LogP contribution in [0.4, 0.5) is 5.69 Å². The Kier molecular flexibility index (Phi) is 6.49. The highest BCUT2D eigenvalue weighted by molar-refractivity contribution is 6.01. The molecule has 1 heterocycles. The van der Waals surface area contributed by atoms with E-state index in [2.05, 4.69) is 0 Å². The second-order valence-electron chi connectivity index (χ2n) is 6.50. The van der Waals surface area contributed by atoms with Crippen LogP contribution in [0.15, 0.2) is 42.5 Å². The fourth-order valence-electron chi connectivity index (χ4n) is 3.14. The third-order valence-electron chi connectivity index (χ3n) is 4.59. The van der Waals surface area contributed by atoms with E-state index < -0.39 is 12.6 Å². The van der Waals surface area contributed by atoms with Crippen molar-refractivity contribution in [2.24, 2.45) is 0 Å². The van der Waals surface area contributed by atoms with Crippen molar-refractivity contribution in [3.63, 3.8) is 0 Å². The minimum atomic E-state index is -0.632. The summed E-state index contributed by atoms with van der Waals surface area (Å²) in [4.78, 5) is 38.4. The van der Waals surface area contributed by atoms with E-state index in [4.69, 9.17) is 14.2 Å². The van der Waals surface area contributed by atoms with E-state index in [-0.39, 0.29) is 17.3 Å². The maximum atomic E-state index is 12.5. The van der Waals surface area contributed by atoms with Crippen molar-refractivity contribution in [1.82, 2.24) is 0 Å². The van der Waals surface area contributed by atoms with Crippen LogP contribution < -0.4 is 14.4 Å². The molecule has 2 aromatic rings. The molecular formula is C22H23NO6. The van der Waals surface area contributed by atoms with E-state index in [1.165, 1.54) is 13.2 Å². The molecule has 1 aliphatic heterocycles. The van der Waals surface area contributed by atoms with Gasteiger partial charge in [-0.2, -0.15) is 0 Å². The smallest absolute Gasteiger partial charge is 0.338 e. The minimum absolute atomic E-state index is 0.0469. The average molecular weight is 397 g/mol. The summed E-state index contributed by atoms with van der Waals surface area (Å²) >= 11 is 0. The lowest BCUT2D eigenvalue weighted by atomic mass is 10.1. The summed E-state index contributed by atoms with van der Waals surface area (Å²) in [5.74, 6) is 0.00960. The first-order valence-electron chi connectivity index (χ1n) is 9.45. The fraction of sp³-hybridized carbons (Fsp3) is 0.318. The highest BCUT2D eigenvalue weighted by Crippen LogP contribution is 2.28. The van der Waals surface area contributed by atoms with E-state index in [1.54, 1.807) is 41.3 Å². The molecule has 0 aromatic heterocycles. The Morgan fingerprint density at radius 2 is 1.90 bits per heavy atom. The van der Waals surface area contributed by atoms with Crippen molar-refractivity contribution in [3.8, 4) is 11.5 Å². The van der Waals surface area contributed by atoms with Gasteiger partial charge in [0.05, 0.1) is 19.3 Å². The number of esters is 1. The highest BCUT2D eigenvalue weighted by Gasteiger charge is 2.22. The number of carbonyl (C=O) groups is 3. The van der Waals surface area contributed by atoms with Crippen LogP contribution in [0, 0.1) is 0 Å².